The van der Waals surface area contributed by atoms with Crippen LogP contribution < -0.4 is 25.6 Å². The lowest BCUT2D eigenvalue weighted by molar-refractivity contribution is -0.120. The Balaban J connectivity index is 0.809. The number of aryl methyl sites for hydroxylation is 1. The van der Waals surface area contributed by atoms with Crippen LogP contribution >= 0.6 is 0 Å². The molecule has 0 saturated carbocycles. The molecule has 0 radical (unpaired) electrons. The normalized spacial score (nSPS) is 19.6. The van der Waals surface area contributed by atoms with Crippen molar-refractivity contribution in [3.05, 3.63) is 77.0 Å². The summed E-state index contributed by atoms with van der Waals surface area (Å²) >= 11 is 0. The molecule has 2 unspecified atom stereocenters. The third-order valence-corrected chi connectivity index (χ3v) is 12.0. The van der Waals surface area contributed by atoms with Crippen molar-refractivity contribution in [2.45, 2.75) is 76.7 Å². The molecule has 3 aromatic rings. The zero-order valence-electron chi connectivity index (χ0n) is 32.5. The first-order valence-corrected chi connectivity index (χ1v) is 20.2. The number of aliphatic hydroxyl groups excluding tert-OH is 1. The molecule has 4 aliphatic rings. The largest absolute Gasteiger partial charge is 0.489 e. The second kappa shape index (κ2) is 17.8. The molecule has 14 heteroatoms. The van der Waals surface area contributed by atoms with E-state index in [0.29, 0.717) is 40.5 Å². The fraction of sp³-hybridized carbons (Fsp3) is 0.488. The van der Waals surface area contributed by atoms with Crippen molar-refractivity contribution in [2.24, 2.45) is 17.6 Å². The van der Waals surface area contributed by atoms with Gasteiger partial charge in [0.2, 0.25) is 5.91 Å². The number of aromatic nitrogens is 1. The number of amides is 3. The second-order valence-electron chi connectivity index (χ2n) is 15.8. The highest BCUT2D eigenvalue weighted by Crippen LogP contribution is 2.32. The highest BCUT2D eigenvalue weighted by molar-refractivity contribution is 6.22. The van der Waals surface area contributed by atoms with Crippen LogP contribution in [0.4, 0.5) is 17.2 Å². The summed E-state index contributed by atoms with van der Waals surface area (Å²) in [6, 6.07) is 16.1. The van der Waals surface area contributed by atoms with Crippen molar-refractivity contribution < 1.29 is 29.0 Å². The summed E-state index contributed by atoms with van der Waals surface area (Å²) in [6.07, 6.45) is 6.85. The predicted octanol–water partition coefficient (Wildman–Crippen LogP) is 4.10. The van der Waals surface area contributed by atoms with Gasteiger partial charge in [-0.1, -0.05) is 0 Å². The van der Waals surface area contributed by atoms with Gasteiger partial charge in [-0.25, -0.2) is 4.98 Å². The third-order valence-electron chi connectivity index (χ3n) is 12.0. The Morgan fingerprint density at radius 1 is 0.930 bits per heavy atom. The van der Waals surface area contributed by atoms with Gasteiger partial charge in [-0.3, -0.25) is 19.3 Å². The first-order chi connectivity index (χ1) is 27.6. The van der Waals surface area contributed by atoms with Crippen molar-refractivity contribution in [3.8, 4) is 11.8 Å². The van der Waals surface area contributed by atoms with Crippen LogP contribution in [0.1, 0.15) is 83.2 Å². The highest BCUT2D eigenvalue weighted by atomic mass is 16.5. The summed E-state index contributed by atoms with van der Waals surface area (Å²) in [7, 11) is 0. The quantitative estimate of drug-likeness (QED) is 0.129. The molecule has 0 aliphatic carbocycles. The number of anilines is 3. The number of fused-ring (bicyclic) bond motifs is 1. The number of imide groups is 1. The average Bonchev–Trinajstić information content (AvgIpc) is 3.47. The molecule has 3 saturated heterocycles. The number of rotatable bonds is 13. The van der Waals surface area contributed by atoms with Crippen LogP contribution in [-0.4, -0.2) is 108 Å². The number of pyridine rings is 1. The van der Waals surface area contributed by atoms with E-state index in [4.69, 9.17) is 10.5 Å². The second-order valence-corrected chi connectivity index (χ2v) is 15.8. The Morgan fingerprint density at radius 3 is 2.23 bits per heavy atom. The molecule has 4 aliphatic heterocycles. The van der Waals surface area contributed by atoms with Crippen LogP contribution in [0.3, 0.4) is 0 Å². The Morgan fingerprint density at radius 2 is 1.60 bits per heavy atom. The van der Waals surface area contributed by atoms with Gasteiger partial charge in [0, 0.05) is 63.1 Å². The molecule has 4 N–H and O–H groups in total. The Kier molecular flexibility index (Phi) is 12.5. The number of carbonyl (C=O) groups excluding carboxylic acids is 4. The van der Waals surface area contributed by atoms with Crippen LogP contribution in [0.2, 0.25) is 0 Å². The van der Waals surface area contributed by atoms with E-state index in [-0.39, 0.29) is 30.8 Å². The molecule has 1 aromatic heterocycles. The number of likely N-dealkylation sites (tertiary alicyclic amines) is 1. The Labute approximate surface area is 333 Å². The van der Waals surface area contributed by atoms with E-state index < -0.39 is 24.1 Å². The molecular weight excluding hydrogens is 725 g/mol. The Hall–Kier alpha value is -5.36. The van der Waals surface area contributed by atoms with E-state index in [0.717, 1.165) is 106 Å². The van der Waals surface area contributed by atoms with Gasteiger partial charge in [-0.05, 0) is 118 Å². The minimum atomic E-state index is -1.12. The number of hydrogen-bond donors (Lipinski definition) is 3. The summed E-state index contributed by atoms with van der Waals surface area (Å²) in [5.41, 5.74) is 9.65. The number of hydrogen-bond acceptors (Lipinski definition) is 12. The maximum atomic E-state index is 13.2. The first-order valence-electron chi connectivity index (χ1n) is 20.2. The van der Waals surface area contributed by atoms with E-state index in [1.165, 1.54) is 0 Å². The zero-order chi connectivity index (χ0) is 40.1. The van der Waals surface area contributed by atoms with E-state index in [2.05, 4.69) is 31.1 Å². The molecule has 3 amide bonds. The predicted molar refractivity (Wildman–Crippen MR) is 215 cm³/mol. The van der Waals surface area contributed by atoms with Crippen molar-refractivity contribution in [1.82, 2.24) is 14.8 Å². The summed E-state index contributed by atoms with van der Waals surface area (Å²) in [5.74, 6) is 0.709. The van der Waals surface area contributed by atoms with Gasteiger partial charge in [-0.2, -0.15) is 5.26 Å². The van der Waals surface area contributed by atoms with E-state index >= 15 is 0 Å². The molecule has 57 heavy (non-hydrogen) atoms. The minimum absolute atomic E-state index is 0.0123. The van der Waals surface area contributed by atoms with Crippen molar-refractivity contribution in [2.75, 3.05) is 60.9 Å². The molecule has 3 fully saturated rings. The minimum Gasteiger partial charge on any atom is -0.489 e. The maximum Gasteiger partial charge on any atom is 0.262 e. The molecule has 2 aromatic carbocycles. The number of nitrogens with zero attached hydrogens (tertiary/aromatic N) is 6. The molecule has 0 bridgehead atoms. The van der Waals surface area contributed by atoms with Gasteiger partial charge in [-0.15, -0.1) is 0 Å². The number of nitrogens with two attached hydrogens (primary N) is 1. The number of piperidine rings is 3. The lowest BCUT2D eigenvalue weighted by Gasteiger charge is -2.38. The lowest BCUT2D eigenvalue weighted by Crippen LogP contribution is -2.43. The summed E-state index contributed by atoms with van der Waals surface area (Å²) in [4.78, 5) is 63.6. The van der Waals surface area contributed by atoms with Gasteiger partial charge < -0.3 is 40.4 Å². The highest BCUT2D eigenvalue weighted by Gasteiger charge is 2.40. The summed E-state index contributed by atoms with van der Waals surface area (Å²) < 4.78 is 6.29. The number of aldehydes is 1. The van der Waals surface area contributed by atoms with Crippen LogP contribution in [0.5, 0.6) is 5.75 Å². The number of nitriles is 1. The van der Waals surface area contributed by atoms with Gasteiger partial charge >= 0.3 is 0 Å². The van der Waals surface area contributed by atoms with Gasteiger partial charge in [0.05, 0.1) is 35.0 Å². The van der Waals surface area contributed by atoms with Crippen LogP contribution in [-0.2, 0) is 9.59 Å². The first kappa shape index (κ1) is 39.9. The fourth-order valence-electron chi connectivity index (χ4n) is 8.61. The lowest BCUT2D eigenvalue weighted by atomic mass is 9.94. The third kappa shape index (κ3) is 9.28. The molecule has 7 rings (SSSR count). The zero-order valence-corrected chi connectivity index (χ0v) is 32.5. The number of carbonyl (C=O) groups is 4. The molecule has 5 heterocycles. The van der Waals surface area contributed by atoms with Crippen molar-refractivity contribution in [1.29, 1.82) is 5.26 Å². The van der Waals surface area contributed by atoms with E-state index in [1.807, 2.05) is 37.3 Å². The van der Waals surface area contributed by atoms with Crippen LogP contribution in [0, 0.1) is 30.1 Å². The van der Waals surface area contributed by atoms with Gasteiger partial charge in [0.1, 0.15) is 30.2 Å². The number of ether oxygens (including phenoxy) is 1. The molecule has 14 nitrogen and oxygen atoms in total. The molecular formula is C43H52N8O6. The van der Waals surface area contributed by atoms with Crippen LogP contribution in [0.25, 0.3) is 0 Å². The molecule has 0 spiro atoms. The van der Waals surface area contributed by atoms with E-state index in [1.54, 1.807) is 24.4 Å². The average molecular weight is 777 g/mol. The molecule has 2 atom stereocenters. The summed E-state index contributed by atoms with van der Waals surface area (Å²) in [5, 5.41) is 21.6. The van der Waals surface area contributed by atoms with Crippen LogP contribution in [0.15, 0.2) is 54.7 Å². The SMILES string of the molecule is Cc1cc(N2CCC(C(=O)Nc3ccc(OC4CCN(CC5CCN(c6ccc7c(c6)C(=O)N(C(C=O)CCC(N)O)C7=O)CC5)CC4)cn3)CC2)ccc1C#N. The van der Waals surface area contributed by atoms with Gasteiger partial charge in [0.15, 0.2) is 0 Å². The van der Waals surface area contributed by atoms with Gasteiger partial charge in [0.25, 0.3) is 11.8 Å². The van der Waals surface area contributed by atoms with E-state index in [9.17, 15) is 29.5 Å². The topological polar surface area (TPSA) is 185 Å². The van der Waals surface area contributed by atoms with Crippen molar-refractivity contribution >= 4 is 41.2 Å². The summed E-state index contributed by atoms with van der Waals surface area (Å²) in [6.45, 7) is 8.15. The maximum absolute atomic E-state index is 13.2. The fourth-order valence-corrected chi connectivity index (χ4v) is 8.61. The smallest absolute Gasteiger partial charge is 0.262 e. The monoisotopic (exact) mass is 776 g/mol. The molecule has 300 valence electrons. The van der Waals surface area contributed by atoms with Crippen molar-refractivity contribution in [3.63, 3.8) is 0 Å². The number of benzene rings is 2. The number of aliphatic hydroxyl groups is 1. The Bertz CT molecular complexity index is 1980. The number of nitrogens with one attached hydrogen (secondary N) is 1. The standard InChI is InChI=1S/C43H52N8O6/c1-28-22-32(3-2-31(28)24-44)50-20-12-30(13-21-50)41(54)47-40-9-6-36(25-46-40)57-35-14-16-48(17-15-35)26-29-10-18-49(19-11-29)33-4-7-37-38(23-33)43(56)51(42(37)55)34(27-52)5-8-39(45)53/h2-4,6-7,9,22-23,25,27,29-30,34-35,39,53H,5,8,10-21,26,45H2,1H3,(H,46,47,54).